The van der Waals surface area contributed by atoms with Crippen molar-refractivity contribution in [2.75, 3.05) is 39.6 Å². The van der Waals surface area contributed by atoms with Crippen LogP contribution >= 0.6 is 15.6 Å². The summed E-state index contributed by atoms with van der Waals surface area (Å²) in [6, 6.07) is 0. The molecule has 0 fully saturated rings. The van der Waals surface area contributed by atoms with Crippen LogP contribution in [0, 0.1) is 0 Å². The number of carbonyl (C=O) groups excluding carboxylic acids is 4. The third-order valence-corrected chi connectivity index (χ3v) is 16.2. The van der Waals surface area contributed by atoms with Gasteiger partial charge in [-0.3, -0.25) is 37.3 Å². The number of carbonyl (C=O) groups is 4. The van der Waals surface area contributed by atoms with Crippen molar-refractivity contribution < 1.29 is 80.2 Å². The highest BCUT2D eigenvalue weighted by atomic mass is 31.2. The summed E-state index contributed by atoms with van der Waals surface area (Å²) in [5, 5.41) is 10.6. The van der Waals surface area contributed by atoms with Crippen molar-refractivity contribution in [3.8, 4) is 0 Å². The van der Waals surface area contributed by atoms with Gasteiger partial charge in [0.05, 0.1) is 39.3 Å². The first-order chi connectivity index (χ1) is 47.7. The molecule has 17 nitrogen and oxygen atoms in total. The second-order valence-corrected chi connectivity index (χ2v) is 26.3. The van der Waals surface area contributed by atoms with Gasteiger partial charge in [0.15, 0.2) is 12.2 Å². The van der Waals surface area contributed by atoms with Crippen molar-refractivity contribution in [3.63, 3.8) is 0 Å². The summed E-state index contributed by atoms with van der Waals surface area (Å²) < 4.78 is 68.0. The number of allylic oxidation sites excluding steroid dienone is 26. The van der Waals surface area contributed by atoms with Crippen LogP contribution in [0.1, 0.15) is 246 Å². The predicted molar refractivity (Wildman–Crippen MR) is 399 cm³/mol. The first-order valence-electron chi connectivity index (χ1n) is 36.4. The molecule has 0 aliphatic carbocycles. The Morgan fingerprint density at radius 2 is 0.582 bits per heavy atom. The van der Waals surface area contributed by atoms with Gasteiger partial charge in [-0.1, -0.05) is 275 Å². The van der Waals surface area contributed by atoms with E-state index in [1.165, 1.54) is 38.5 Å². The Morgan fingerprint density at radius 3 is 0.949 bits per heavy atom. The van der Waals surface area contributed by atoms with E-state index in [0.717, 1.165) is 128 Å². The molecule has 554 valence electrons. The number of ether oxygens (including phenoxy) is 4. The van der Waals surface area contributed by atoms with Crippen LogP contribution in [0.5, 0.6) is 0 Å². The van der Waals surface area contributed by atoms with Gasteiger partial charge in [0.1, 0.15) is 19.3 Å². The zero-order valence-corrected chi connectivity index (χ0v) is 61.9. The summed E-state index contributed by atoms with van der Waals surface area (Å²) in [5.74, 6) is -2.52. The molecule has 0 rings (SSSR count). The van der Waals surface area contributed by atoms with E-state index < -0.39 is 97.5 Å². The quantitative estimate of drug-likeness (QED) is 0.0169. The van der Waals surface area contributed by atoms with Crippen molar-refractivity contribution in [1.82, 2.24) is 0 Å². The van der Waals surface area contributed by atoms with Crippen LogP contribution in [0.15, 0.2) is 170 Å². The number of rotatable bonds is 66. The molecular formula is C79H126O17P2. The van der Waals surface area contributed by atoms with E-state index in [9.17, 15) is 43.2 Å². The minimum absolute atomic E-state index is 0.0692. The summed E-state index contributed by atoms with van der Waals surface area (Å²) in [4.78, 5) is 72.6. The number of aliphatic hydroxyl groups is 1. The fourth-order valence-electron chi connectivity index (χ4n) is 8.83. The summed E-state index contributed by atoms with van der Waals surface area (Å²) in [5.41, 5.74) is 0. The number of unbranched alkanes of at least 4 members (excludes halogenated alkanes) is 14. The number of esters is 4. The summed E-state index contributed by atoms with van der Waals surface area (Å²) >= 11 is 0. The Bertz CT molecular complexity index is 2530. The van der Waals surface area contributed by atoms with E-state index in [1.807, 2.05) is 30.4 Å². The Hall–Kier alpha value is -5.58. The van der Waals surface area contributed by atoms with Crippen LogP contribution < -0.4 is 0 Å². The average molecular weight is 1410 g/mol. The maximum Gasteiger partial charge on any atom is 0.472 e. The largest absolute Gasteiger partial charge is 0.472 e. The third-order valence-electron chi connectivity index (χ3n) is 14.3. The SMILES string of the molecule is CC/C=C\C/C=C\C/C=C\C/C=C\C/C=C\CC(=O)OCC(COP(=O)(O)OCC(O)COP(=O)(O)OCC(COC(=O)CCCCCC/C=C\C/C=C\C/C=C\C/C=C\CC)OC(=O)C/C=C\C/C=C\C/C=C\C/C=C\C/C=C\CC)OC(=O)CCCCCCCCCCCCC. The van der Waals surface area contributed by atoms with E-state index in [4.69, 9.17) is 37.0 Å². The molecule has 0 aliphatic rings. The standard InChI is InChI=1S/C79H126O17P2/c1-5-9-13-17-21-25-29-32-35-36-39-41-45-48-52-56-60-64-77(82)90-70-75(96-79(84)66-62-58-54-50-46-42-38-34-31-27-23-19-15-11-7-3)72-94-98(87,88)92-68-73(80)67-91-97(85,86)93-71-74(95-78(83)65-61-57-53-49-43-28-24-20-16-12-8-4)69-89-76(81)63-59-55-51-47-44-40-37-33-30-26-22-18-14-10-6-2/h9-11,13-15,21-23,25-27,32-35,37-39,41,44,46-47,50,55,58-59,62,73-75,80H,5-8,12,16-20,24,28-31,36,40,42-43,45,48-49,51-54,56-57,60-61,63-72H2,1-4H3,(H,85,86)(H,87,88)/b13-9-,14-10-,15-11-,25-21-,26-22-,27-23-,35-32-,37-33-,38-34-,41-39-,47-44-,50-46-,59-55-,62-58-. The van der Waals surface area contributed by atoms with Gasteiger partial charge in [-0.25, -0.2) is 9.13 Å². The van der Waals surface area contributed by atoms with Gasteiger partial charge in [-0.2, -0.15) is 0 Å². The fraction of sp³-hybridized carbons (Fsp3) is 0.595. The molecule has 98 heavy (non-hydrogen) atoms. The molecule has 0 heterocycles. The van der Waals surface area contributed by atoms with Crippen molar-refractivity contribution in [1.29, 1.82) is 0 Å². The Balaban J connectivity index is 5.50. The summed E-state index contributed by atoms with van der Waals surface area (Å²) in [6.45, 7) is 4.22. The highest BCUT2D eigenvalue weighted by molar-refractivity contribution is 7.47. The van der Waals surface area contributed by atoms with E-state index in [0.29, 0.717) is 25.7 Å². The lowest BCUT2D eigenvalue weighted by atomic mass is 10.1. The Morgan fingerprint density at radius 1 is 0.306 bits per heavy atom. The lowest BCUT2D eigenvalue weighted by Crippen LogP contribution is -2.30. The number of phosphoric ester groups is 2. The number of hydrogen-bond donors (Lipinski definition) is 3. The van der Waals surface area contributed by atoms with Crippen molar-refractivity contribution in [2.45, 2.75) is 264 Å². The van der Waals surface area contributed by atoms with Crippen LogP contribution in [0.4, 0.5) is 0 Å². The second-order valence-electron chi connectivity index (χ2n) is 23.4. The maximum atomic E-state index is 13.0. The molecule has 0 aromatic heterocycles. The van der Waals surface area contributed by atoms with Gasteiger partial charge in [-0.15, -0.1) is 0 Å². The van der Waals surface area contributed by atoms with Crippen molar-refractivity contribution in [3.05, 3.63) is 170 Å². The van der Waals surface area contributed by atoms with Crippen LogP contribution in [0.25, 0.3) is 0 Å². The zero-order chi connectivity index (χ0) is 71.8. The third kappa shape index (κ3) is 68.9. The lowest BCUT2D eigenvalue weighted by molar-refractivity contribution is -0.160. The zero-order valence-electron chi connectivity index (χ0n) is 60.1. The predicted octanol–water partition coefficient (Wildman–Crippen LogP) is 20.7. The molecule has 5 atom stereocenters. The molecule has 5 unspecified atom stereocenters. The van der Waals surface area contributed by atoms with Gasteiger partial charge >= 0.3 is 39.5 Å². The normalized spacial score (nSPS) is 15.0. The Labute approximate surface area is 591 Å². The Kier molecular flexibility index (Phi) is 65.9. The fourth-order valence-corrected chi connectivity index (χ4v) is 10.4. The number of aliphatic hydroxyl groups excluding tert-OH is 1. The smallest absolute Gasteiger partial charge is 0.462 e. The van der Waals surface area contributed by atoms with Gasteiger partial charge in [0.2, 0.25) is 0 Å². The van der Waals surface area contributed by atoms with Gasteiger partial charge < -0.3 is 33.8 Å². The molecular weight excluding hydrogens is 1280 g/mol. The topological polar surface area (TPSA) is 237 Å². The van der Waals surface area contributed by atoms with Gasteiger partial charge in [-0.05, 0) is 116 Å². The molecule has 0 aromatic carbocycles. The first-order valence-corrected chi connectivity index (χ1v) is 39.4. The van der Waals surface area contributed by atoms with E-state index >= 15 is 0 Å². The highest BCUT2D eigenvalue weighted by Gasteiger charge is 2.30. The van der Waals surface area contributed by atoms with Crippen molar-refractivity contribution in [2.24, 2.45) is 0 Å². The molecule has 19 heteroatoms. The molecule has 0 radical (unpaired) electrons. The number of phosphoric acid groups is 2. The maximum absolute atomic E-state index is 13.0. The molecule has 0 aliphatic heterocycles. The first kappa shape index (κ1) is 92.4. The number of hydrogen-bond acceptors (Lipinski definition) is 15. The molecule has 3 N–H and O–H groups in total. The van der Waals surface area contributed by atoms with E-state index in [-0.39, 0.29) is 25.7 Å². The van der Waals surface area contributed by atoms with Gasteiger partial charge in [0.25, 0.3) is 0 Å². The minimum Gasteiger partial charge on any atom is -0.462 e. The van der Waals surface area contributed by atoms with E-state index in [1.54, 1.807) is 18.2 Å². The lowest BCUT2D eigenvalue weighted by Gasteiger charge is -2.21. The average Bonchev–Trinajstić information content (AvgIpc) is 0.985. The minimum atomic E-state index is -5.01. The van der Waals surface area contributed by atoms with E-state index in [2.05, 4.69) is 149 Å². The molecule has 0 aromatic rings. The van der Waals surface area contributed by atoms with Crippen LogP contribution in [-0.2, 0) is 65.4 Å². The van der Waals surface area contributed by atoms with Crippen LogP contribution in [0.2, 0.25) is 0 Å². The van der Waals surface area contributed by atoms with Crippen molar-refractivity contribution >= 4 is 39.5 Å². The molecule has 0 spiro atoms. The summed E-state index contributed by atoms with van der Waals surface area (Å²) in [7, 11) is -10.0. The molecule has 0 bridgehead atoms. The summed E-state index contributed by atoms with van der Waals surface area (Å²) in [6.07, 6.45) is 81.4. The second kappa shape index (κ2) is 69.9. The molecule has 0 saturated heterocycles. The monoisotopic (exact) mass is 1410 g/mol. The molecule has 0 saturated carbocycles. The molecule has 0 amide bonds. The van der Waals surface area contributed by atoms with Crippen LogP contribution in [0.3, 0.4) is 0 Å². The van der Waals surface area contributed by atoms with Gasteiger partial charge in [0, 0.05) is 12.8 Å². The van der Waals surface area contributed by atoms with Crippen LogP contribution in [-0.4, -0.2) is 96.7 Å². The highest BCUT2D eigenvalue weighted by Crippen LogP contribution is 2.45.